The molecule has 1 N–H and O–H groups in total. The first-order chi connectivity index (χ1) is 8.97. The van der Waals surface area contributed by atoms with Crippen LogP contribution in [0.4, 0.5) is 5.13 Å². The minimum Gasteiger partial charge on any atom is -0.319 e. The number of anilines is 1. The maximum atomic E-state index is 11.9. The van der Waals surface area contributed by atoms with Crippen LogP contribution < -0.4 is 10.9 Å². The molecule has 2 rings (SSSR count). The Balaban J connectivity index is 2.18. The normalized spacial score (nSPS) is 10.2. The lowest BCUT2D eigenvalue weighted by Gasteiger charge is -2.02. The molecule has 0 radical (unpaired) electrons. The number of nitrogens with zero attached hydrogens (tertiary/aromatic N) is 2. The van der Waals surface area contributed by atoms with Crippen molar-refractivity contribution < 1.29 is 9.59 Å². The van der Waals surface area contributed by atoms with Gasteiger partial charge in [-0.05, 0) is 6.07 Å². The van der Waals surface area contributed by atoms with Crippen LogP contribution in [0.2, 0.25) is 0 Å². The van der Waals surface area contributed by atoms with E-state index in [4.69, 9.17) is 0 Å². The lowest BCUT2D eigenvalue weighted by molar-refractivity contribution is 0.100. The molecule has 0 bridgehead atoms. The Kier molecular flexibility index (Phi) is 3.57. The predicted molar refractivity (Wildman–Crippen MR) is 71.8 cm³/mol. The third-order valence-corrected chi connectivity index (χ3v) is 3.21. The first-order valence-electron chi connectivity index (χ1n) is 5.42. The largest absolute Gasteiger partial charge is 0.319 e. The summed E-state index contributed by atoms with van der Waals surface area (Å²) in [6, 6.07) is 2.78. The fourth-order valence-corrected chi connectivity index (χ4v) is 2.10. The summed E-state index contributed by atoms with van der Waals surface area (Å²) in [5, 5.41) is 4.45. The van der Waals surface area contributed by atoms with Gasteiger partial charge in [0.2, 0.25) is 0 Å². The molecule has 0 fully saturated rings. The number of nitrogens with one attached hydrogen (secondary N) is 1. The summed E-state index contributed by atoms with van der Waals surface area (Å²) in [7, 11) is 1.60. The van der Waals surface area contributed by atoms with E-state index in [-0.39, 0.29) is 16.9 Å². The molecule has 7 heteroatoms. The Bertz CT molecular complexity index is 702. The third-order valence-electron chi connectivity index (χ3n) is 2.45. The fraction of sp³-hybridized carbons (Fsp3) is 0.167. The van der Waals surface area contributed by atoms with Crippen LogP contribution in [-0.4, -0.2) is 21.2 Å². The lowest BCUT2D eigenvalue weighted by Crippen LogP contribution is -2.19. The highest BCUT2D eigenvalue weighted by Crippen LogP contribution is 2.16. The summed E-state index contributed by atoms with van der Waals surface area (Å²) < 4.78 is 1.37. The minimum absolute atomic E-state index is 0.162. The second kappa shape index (κ2) is 5.15. The van der Waals surface area contributed by atoms with Gasteiger partial charge in [-0.15, -0.1) is 11.3 Å². The van der Waals surface area contributed by atoms with Crippen LogP contribution in [0.1, 0.15) is 27.8 Å². The highest BCUT2D eigenvalue weighted by Gasteiger charge is 2.11. The molecule has 0 saturated heterocycles. The van der Waals surface area contributed by atoms with Crippen molar-refractivity contribution in [3.63, 3.8) is 0 Å². The fourth-order valence-electron chi connectivity index (χ4n) is 1.35. The molecule has 0 aliphatic rings. The Morgan fingerprint density at radius 1 is 1.42 bits per heavy atom. The molecule has 19 heavy (non-hydrogen) atoms. The number of carbonyl (C=O) groups excluding carboxylic acids is 2. The van der Waals surface area contributed by atoms with E-state index in [0.29, 0.717) is 10.8 Å². The SMILES string of the molecule is CC(=O)c1csc(NC(=O)c2ccn(C)c(=O)c2)n1. The van der Waals surface area contributed by atoms with Gasteiger partial charge in [-0.25, -0.2) is 4.98 Å². The summed E-state index contributed by atoms with van der Waals surface area (Å²) in [5.74, 6) is -0.590. The maximum absolute atomic E-state index is 11.9. The molecule has 98 valence electrons. The zero-order valence-corrected chi connectivity index (χ0v) is 11.2. The molecule has 2 aromatic heterocycles. The number of Topliss-reactive ketones (excluding diaryl/α,β-unsaturated/α-hetero) is 1. The number of hydrogen-bond acceptors (Lipinski definition) is 5. The molecular formula is C12H11N3O3S. The van der Waals surface area contributed by atoms with Gasteiger partial charge >= 0.3 is 0 Å². The van der Waals surface area contributed by atoms with Gasteiger partial charge in [-0.2, -0.15) is 0 Å². The summed E-state index contributed by atoms with van der Waals surface area (Å²) >= 11 is 1.16. The quantitative estimate of drug-likeness (QED) is 0.857. The van der Waals surface area contributed by atoms with Crippen molar-refractivity contribution in [1.82, 2.24) is 9.55 Å². The number of hydrogen-bond donors (Lipinski definition) is 1. The maximum Gasteiger partial charge on any atom is 0.257 e. The van der Waals surface area contributed by atoms with E-state index >= 15 is 0 Å². The molecule has 0 spiro atoms. The van der Waals surface area contributed by atoms with Crippen LogP contribution >= 0.6 is 11.3 Å². The van der Waals surface area contributed by atoms with E-state index in [1.807, 2.05) is 0 Å². The summed E-state index contributed by atoms with van der Waals surface area (Å²) in [6.07, 6.45) is 1.51. The molecule has 2 heterocycles. The van der Waals surface area contributed by atoms with Crippen molar-refractivity contribution in [3.8, 4) is 0 Å². The van der Waals surface area contributed by atoms with Gasteiger partial charge in [0.05, 0.1) is 0 Å². The van der Waals surface area contributed by atoms with Crippen LogP contribution in [0.3, 0.4) is 0 Å². The van der Waals surface area contributed by atoms with E-state index in [9.17, 15) is 14.4 Å². The Hall–Kier alpha value is -2.28. The highest BCUT2D eigenvalue weighted by molar-refractivity contribution is 7.14. The third kappa shape index (κ3) is 2.94. The molecule has 6 nitrogen and oxygen atoms in total. The standard InChI is InChI=1S/C12H11N3O3S/c1-7(16)9-6-19-12(13-9)14-11(18)8-3-4-15(2)10(17)5-8/h3-6H,1-2H3,(H,13,14,18). The van der Waals surface area contributed by atoms with Crippen LogP contribution in [0.15, 0.2) is 28.5 Å². The van der Waals surface area contributed by atoms with Gasteiger partial charge in [-0.1, -0.05) is 0 Å². The molecule has 0 aliphatic carbocycles. The number of pyridine rings is 1. The number of rotatable bonds is 3. The number of aryl methyl sites for hydroxylation is 1. The van der Waals surface area contributed by atoms with Crippen molar-refractivity contribution in [2.75, 3.05) is 5.32 Å². The van der Waals surface area contributed by atoms with E-state index in [2.05, 4.69) is 10.3 Å². The van der Waals surface area contributed by atoms with Crippen molar-refractivity contribution in [2.45, 2.75) is 6.92 Å². The second-order valence-electron chi connectivity index (χ2n) is 3.91. The van der Waals surface area contributed by atoms with Crippen LogP contribution in [-0.2, 0) is 7.05 Å². The minimum atomic E-state index is -0.429. The van der Waals surface area contributed by atoms with Crippen molar-refractivity contribution in [3.05, 3.63) is 45.3 Å². The van der Waals surface area contributed by atoms with Gasteiger partial charge in [-0.3, -0.25) is 19.7 Å². The van der Waals surface area contributed by atoms with E-state index < -0.39 is 5.91 Å². The summed E-state index contributed by atoms with van der Waals surface area (Å²) in [5.41, 5.74) is 0.295. The Morgan fingerprint density at radius 3 is 2.74 bits per heavy atom. The molecule has 0 unspecified atom stereocenters. The molecule has 1 amide bonds. The van der Waals surface area contributed by atoms with Crippen molar-refractivity contribution >= 4 is 28.2 Å². The Labute approximate surface area is 112 Å². The lowest BCUT2D eigenvalue weighted by atomic mass is 10.2. The van der Waals surface area contributed by atoms with Crippen LogP contribution in [0.5, 0.6) is 0 Å². The molecule has 0 aliphatic heterocycles. The van der Waals surface area contributed by atoms with Crippen LogP contribution in [0.25, 0.3) is 0 Å². The van der Waals surface area contributed by atoms with Crippen molar-refractivity contribution in [2.24, 2.45) is 7.05 Å². The first-order valence-corrected chi connectivity index (χ1v) is 6.30. The van der Waals surface area contributed by atoms with E-state index in [1.54, 1.807) is 12.4 Å². The van der Waals surface area contributed by atoms with Gasteiger partial charge in [0.1, 0.15) is 5.69 Å². The number of aromatic nitrogens is 2. The smallest absolute Gasteiger partial charge is 0.257 e. The molecular weight excluding hydrogens is 266 g/mol. The van der Waals surface area contributed by atoms with Gasteiger partial charge < -0.3 is 4.57 Å². The molecule has 0 aromatic carbocycles. The topological polar surface area (TPSA) is 81.1 Å². The highest BCUT2D eigenvalue weighted by atomic mass is 32.1. The molecule has 0 atom stereocenters. The average Bonchev–Trinajstić information content (AvgIpc) is 2.81. The van der Waals surface area contributed by atoms with Crippen molar-refractivity contribution in [1.29, 1.82) is 0 Å². The summed E-state index contributed by atoms with van der Waals surface area (Å²) in [4.78, 5) is 38.3. The monoisotopic (exact) mass is 277 g/mol. The number of amides is 1. The molecule has 2 aromatic rings. The zero-order chi connectivity index (χ0) is 14.0. The van der Waals surface area contributed by atoms with E-state index in [1.165, 1.54) is 29.8 Å². The summed E-state index contributed by atoms with van der Waals surface area (Å²) in [6.45, 7) is 1.40. The number of thiazole rings is 1. The van der Waals surface area contributed by atoms with E-state index in [0.717, 1.165) is 11.3 Å². The second-order valence-corrected chi connectivity index (χ2v) is 4.77. The van der Waals surface area contributed by atoms with Gasteiger partial charge in [0.15, 0.2) is 10.9 Å². The average molecular weight is 277 g/mol. The Morgan fingerprint density at radius 2 is 2.16 bits per heavy atom. The van der Waals surface area contributed by atoms with Gasteiger partial charge in [0, 0.05) is 37.2 Å². The predicted octanol–water partition coefficient (Wildman–Crippen LogP) is 1.30. The zero-order valence-electron chi connectivity index (χ0n) is 10.3. The number of carbonyl (C=O) groups is 2. The molecule has 0 saturated carbocycles. The number of ketones is 1. The first kappa shape index (κ1) is 13.2. The van der Waals surface area contributed by atoms with Gasteiger partial charge in [0.25, 0.3) is 11.5 Å². The van der Waals surface area contributed by atoms with Crippen LogP contribution in [0, 0.1) is 0 Å².